The van der Waals surface area contributed by atoms with Crippen LogP contribution in [-0.2, 0) is 6.54 Å². The van der Waals surface area contributed by atoms with E-state index < -0.39 is 0 Å². The minimum atomic E-state index is -0.101. The summed E-state index contributed by atoms with van der Waals surface area (Å²) >= 11 is 0. The second kappa shape index (κ2) is 9.27. The van der Waals surface area contributed by atoms with Crippen molar-refractivity contribution in [2.75, 3.05) is 46.3 Å². The van der Waals surface area contributed by atoms with E-state index in [1.54, 1.807) is 6.20 Å². The molecular weight excluding hydrogens is 400 g/mol. The van der Waals surface area contributed by atoms with Gasteiger partial charge in [0.05, 0.1) is 0 Å². The number of nitriles is 1. The molecule has 32 heavy (non-hydrogen) atoms. The molecule has 0 unspecified atom stereocenters. The lowest BCUT2D eigenvalue weighted by atomic mass is 9.84. The highest BCUT2D eigenvalue weighted by atomic mass is 16.1. The molecule has 168 valence electrons. The minimum Gasteiger partial charge on any atom is -0.348 e. The van der Waals surface area contributed by atoms with Crippen molar-refractivity contribution in [3.8, 4) is 6.07 Å². The number of rotatable bonds is 5. The number of carbonyl (C=O) groups is 1. The molecule has 0 radical (unpaired) electrons. The smallest absolute Gasteiger partial charge is 0.251 e. The van der Waals surface area contributed by atoms with Crippen LogP contribution in [0.25, 0.3) is 0 Å². The van der Waals surface area contributed by atoms with Crippen molar-refractivity contribution < 1.29 is 4.79 Å². The fourth-order valence-electron chi connectivity index (χ4n) is 4.36. The Morgan fingerprint density at radius 1 is 1.19 bits per heavy atom. The van der Waals surface area contributed by atoms with Crippen LogP contribution in [0.4, 0.5) is 0 Å². The molecule has 0 saturated carbocycles. The summed E-state index contributed by atoms with van der Waals surface area (Å²) in [4.78, 5) is 23.8. The number of carbonyl (C=O) groups excluding carboxylic acids is 1. The molecular formula is C25H32N6O. The van der Waals surface area contributed by atoms with Gasteiger partial charge in [-0.3, -0.25) is 9.69 Å². The second-order valence-corrected chi connectivity index (χ2v) is 9.72. The summed E-state index contributed by atoms with van der Waals surface area (Å²) in [5.41, 5.74) is 3.88. The molecule has 1 fully saturated rings. The van der Waals surface area contributed by atoms with Crippen molar-refractivity contribution in [1.29, 1.82) is 5.26 Å². The Hall–Kier alpha value is -2.95. The van der Waals surface area contributed by atoms with Gasteiger partial charge in [0.15, 0.2) is 0 Å². The number of fused-ring (bicyclic) bond motifs is 1. The number of aliphatic imine (C=N–C) groups is 1. The lowest BCUT2D eigenvalue weighted by molar-refractivity contribution is 0.0956. The quantitative estimate of drug-likeness (QED) is 0.774. The zero-order valence-electron chi connectivity index (χ0n) is 19.3. The molecule has 1 aromatic carbocycles. The number of nitrogens with one attached hydrogen (secondary N) is 1. The van der Waals surface area contributed by atoms with Crippen LogP contribution < -0.4 is 5.32 Å². The van der Waals surface area contributed by atoms with E-state index in [4.69, 9.17) is 0 Å². The number of nitrogens with zero attached hydrogens (tertiary/aromatic N) is 5. The van der Waals surface area contributed by atoms with Crippen LogP contribution >= 0.6 is 0 Å². The number of amides is 1. The fraction of sp³-hybridized carbons (Fsp3) is 0.480. The molecule has 4 rings (SSSR count). The Morgan fingerprint density at radius 3 is 2.59 bits per heavy atom. The summed E-state index contributed by atoms with van der Waals surface area (Å²) in [5.74, 6) is 0.311. The molecule has 3 aliphatic rings. The molecule has 1 aromatic rings. The van der Waals surface area contributed by atoms with E-state index in [-0.39, 0.29) is 11.3 Å². The molecule has 0 aliphatic carbocycles. The van der Waals surface area contributed by atoms with Crippen LogP contribution in [-0.4, -0.2) is 72.8 Å². The normalized spacial score (nSPS) is 21.1. The summed E-state index contributed by atoms with van der Waals surface area (Å²) in [6, 6.07) is 10.1. The van der Waals surface area contributed by atoms with E-state index in [0.29, 0.717) is 17.9 Å². The van der Waals surface area contributed by atoms with E-state index in [2.05, 4.69) is 53.1 Å². The van der Waals surface area contributed by atoms with E-state index >= 15 is 0 Å². The van der Waals surface area contributed by atoms with Crippen LogP contribution in [0.2, 0.25) is 0 Å². The topological polar surface area (TPSA) is 75.0 Å². The molecule has 1 N–H and O–H groups in total. The Bertz CT molecular complexity index is 990. The van der Waals surface area contributed by atoms with E-state index in [9.17, 15) is 10.1 Å². The highest BCUT2D eigenvalue weighted by Gasteiger charge is 2.33. The van der Waals surface area contributed by atoms with E-state index in [1.165, 1.54) is 5.56 Å². The van der Waals surface area contributed by atoms with Gasteiger partial charge in [0.2, 0.25) is 5.84 Å². The monoisotopic (exact) mass is 432 g/mol. The first-order chi connectivity index (χ1) is 15.3. The molecule has 1 amide bonds. The third-order valence-electron chi connectivity index (χ3n) is 6.41. The van der Waals surface area contributed by atoms with Crippen molar-refractivity contribution in [2.24, 2.45) is 10.4 Å². The van der Waals surface area contributed by atoms with Gasteiger partial charge < -0.3 is 15.1 Å². The van der Waals surface area contributed by atoms with Crippen molar-refractivity contribution >= 4 is 11.7 Å². The summed E-state index contributed by atoms with van der Waals surface area (Å²) in [6.07, 6.45) is 4.79. The molecule has 3 heterocycles. The number of piperazine rings is 1. The van der Waals surface area contributed by atoms with Crippen LogP contribution in [0.5, 0.6) is 0 Å². The zero-order chi connectivity index (χ0) is 22.7. The summed E-state index contributed by atoms with van der Waals surface area (Å²) < 4.78 is 0. The highest BCUT2D eigenvalue weighted by Crippen LogP contribution is 2.34. The predicted molar refractivity (Wildman–Crippen MR) is 126 cm³/mol. The molecule has 0 aromatic heterocycles. The first kappa shape index (κ1) is 22.3. The Morgan fingerprint density at radius 2 is 1.91 bits per heavy atom. The largest absolute Gasteiger partial charge is 0.348 e. The summed E-state index contributed by atoms with van der Waals surface area (Å²) in [6.45, 7) is 10.8. The lowest BCUT2D eigenvalue weighted by Crippen LogP contribution is -2.43. The van der Waals surface area contributed by atoms with Crippen LogP contribution in [0, 0.1) is 16.7 Å². The number of allylic oxidation sites excluding steroid dienone is 1. The van der Waals surface area contributed by atoms with Crippen LogP contribution in [0.1, 0.15) is 36.2 Å². The van der Waals surface area contributed by atoms with Crippen molar-refractivity contribution in [2.45, 2.75) is 26.8 Å². The SMILES string of the molecule is CN1CCN(Cc2ccc(C(=O)NCC3=CN=C(C#N)N4CC(C)(C)CC=C34)cc2)CC1. The third kappa shape index (κ3) is 5.09. The van der Waals surface area contributed by atoms with Gasteiger partial charge >= 0.3 is 0 Å². The Kier molecular flexibility index (Phi) is 6.45. The maximum Gasteiger partial charge on any atom is 0.251 e. The second-order valence-electron chi connectivity index (χ2n) is 9.72. The maximum absolute atomic E-state index is 12.7. The van der Waals surface area contributed by atoms with Crippen LogP contribution in [0.15, 0.2) is 52.8 Å². The number of amidine groups is 1. The van der Waals surface area contributed by atoms with Crippen molar-refractivity contribution in [1.82, 2.24) is 20.0 Å². The standard InChI is InChI=1S/C25H32N6O/c1-25(2)9-8-22-21(15-27-23(14-26)31(22)18-25)16-28-24(32)20-6-4-19(5-7-20)17-30-12-10-29(3)11-13-30/h4-8,15H,9-13,16-18H2,1-3H3,(H,28,32). The summed E-state index contributed by atoms with van der Waals surface area (Å²) in [5, 5.41) is 12.5. The van der Waals surface area contributed by atoms with Crippen LogP contribution in [0.3, 0.4) is 0 Å². The van der Waals surface area contributed by atoms with Crippen molar-refractivity contribution in [3.63, 3.8) is 0 Å². The van der Waals surface area contributed by atoms with Gasteiger partial charge in [-0.1, -0.05) is 32.1 Å². The van der Waals surface area contributed by atoms with Gasteiger partial charge in [-0.15, -0.1) is 0 Å². The first-order valence-electron chi connectivity index (χ1n) is 11.3. The lowest BCUT2D eigenvalue weighted by Gasteiger charge is -2.40. The highest BCUT2D eigenvalue weighted by molar-refractivity contribution is 5.99. The summed E-state index contributed by atoms with van der Waals surface area (Å²) in [7, 11) is 2.16. The average molecular weight is 433 g/mol. The fourth-order valence-corrected chi connectivity index (χ4v) is 4.36. The maximum atomic E-state index is 12.7. The predicted octanol–water partition coefficient (Wildman–Crippen LogP) is 2.60. The van der Waals surface area contributed by atoms with E-state index in [0.717, 1.165) is 57.0 Å². The number of hydrogen-bond donors (Lipinski definition) is 1. The van der Waals surface area contributed by atoms with Crippen molar-refractivity contribution in [3.05, 3.63) is 58.9 Å². The molecule has 3 aliphatic heterocycles. The van der Waals surface area contributed by atoms with Gasteiger partial charge in [-0.2, -0.15) is 5.26 Å². The molecule has 0 atom stereocenters. The average Bonchev–Trinajstić information content (AvgIpc) is 2.78. The third-order valence-corrected chi connectivity index (χ3v) is 6.41. The number of benzene rings is 1. The Balaban J connectivity index is 1.36. The minimum absolute atomic E-state index is 0.0820. The Labute approximate surface area is 190 Å². The first-order valence-corrected chi connectivity index (χ1v) is 11.3. The zero-order valence-corrected chi connectivity index (χ0v) is 19.3. The van der Waals surface area contributed by atoms with Gasteiger partial charge in [0.25, 0.3) is 5.91 Å². The number of likely N-dealkylation sites (N-methyl/N-ethyl adjacent to an activating group) is 1. The molecule has 0 spiro atoms. The molecule has 7 nitrogen and oxygen atoms in total. The number of hydrogen-bond acceptors (Lipinski definition) is 6. The molecule has 1 saturated heterocycles. The van der Waals surface area contributed by atoms with Gasteiger partial charge in [0, 0.05) is 68.8 Å². The van der Waals surface area contributed by atoms with Gasteiger partial charge in [-0.05, 0) is 36.6 Å². The molecule has 0 bridgehead atoms. The van der Waals surface area contributed by atoms with Gasteiger partial charge in [0.1, 0.15) is 6.07 Å². The molecule has 7 heteroatoms. The van der Waals surface area contributed by atoms with E-state index in [1.807, 2.05) is 29.2 Å². The van der Waals surface area contributed by atoms with Gasteiger partial charge in [-0.25, -0.2) is 4.99 Å².